The normalized spacial score (nSPS) is 20.5. The minimum Gasteiger partial charge on any atom is -0.355 e. The van der Waals surface area contributed by atoms with E-state index < -0.39 is 0 Å². The molecule has 0 aliphatic heterocycles. The van der Waals surface area contributed by atoms with E-state index in [1.807, 2.05) is 0 Å². The molecule has 0 unspecified atom stereocenters. The third-order valence-corrected chi connectivity index (χ3v) is 4.86. The van der Waals surface area contributed by atoms with Crippen molar-refractivity contribution in [1.82, 2.24) is 16.0 Å². The lowest BCUT2D eigenvalue weighted by atomic mass is 9.89. The molecule has 0 radical (unpaired) electrons. The molecule has 2 fully saturated rings. The first kappa shape index (κ1) is 20.5. The fourth-order valence-electron chi connectivity index (χ4n) is 3.51. The second kappa shape index (κ2) is 11.9. The van der Waals surface area contributed by atoms with Gasteiger partial charge in [-0.1, -0.05) is 38.5 Å². The summed E-state index contributed by atoms with van der Waals surface area (Å²) in [4.78, 5) is 16.3. The summed E-state index contributed by atoms with van der Waals surface area (Å²) in [5.74, 6) is 1.34. The minimum absolute atomic E-state index is 0. The van der Waals surface area contributed by atoms with Crippen LogP contribution in [0.2, 0.25) is 0 Å². The predicted molar refractivity (Wildman–Crippen MR) is 106 cm³/mol. The Bertz CT molecular complexity index is 364. The highest BCUT2D eigenvalue weighted by Crippen LogP contribution is 2.23. The number of rotatable bonds is 5. The first-order valence-corrected chi connectivity index (χ1v) is 9.04. The molecule has 134 valence electrons. The number of aliphatic imine (C=N–C) groups is 1. The molecule has 2 saturated carbocycles. The molecule has 0 aromatic carbocycles. The van der Waals surface area contributed by atoms with E-state index >= 15 is 0 Å². The average Bonchev–Trinajstić information content (AvgIpc) is 2.59. The number of nitrogens with one attached hydrogen (secondary N) is 3. The van der Waals surface area contributed by atoms with Crippen LogP contribution in [0.15, 0.2) is 4.99 Å². The van der Waals surface area contributed by atoms with E-state index in [1.165, 1.54) is 51.4 Å². The van der Waals surface area contributed by atoms with Crippen molar-refractivity contribution in [2.45, 2.75) is 70.3 Å². The Labute approximate surface area is 157 Å². The van der Waals surface area contributed by atoms with Crippen molar-refractivity contribution >= 4 is 35.8 Å². The lowest BCUT2D eigenvalue weighted by Gasteiger charge is -2.25. The molecular weight excluding hydrogens is 403 g/mol. The molecule has 2 rings (SSSR count). The summed E-state index contributed by atoms with van der Waals surface area (Å²) in [6, 6.07) is 0.553. The highest BCUT2D eigenvalue weighted by atomic mass is 127. The van der Waals surface area contributed by atoms with Gasteiger partial charge < -0.3 is 16.0 Å². The summed E-state index contributed by atoms with van der Waals surface area (Å²) in [5, 5.41) is 9.83. The number of hydrogen-bond acceptors (Lipinski definition) is 2. The molecule has 5 nitrogen and oxygen atoms in total. The van der Waals surface area contributed by atoms with E-state index in [0.717, 1.165) is 25.3 Å². The molecule has 2 aliphatic carbocycles. The van der Waals surface area contributed by atoms with Crippen LogP contribution in [0.25, 0.3) is 0 Å². The van der Waals surface area contributed by atoms with Gasteiger partial charge in [-0.15, -0.1) is 24.0 Å². The van der Waals surface area contributed by atoms with Gasteiger partial charge >= 0.3 is 0 Å². The maximum Gasteiger partial charge on any atom is 0.223 e. The first-order chi connectivity index (χ1) is 10.8. The van der Waals surface area contributed by atoms with Gasteiger partial charge in [0.05, 0.1) is 0 Å². The van der Waals surface area contributed by atoms with E-state index in [1.54, 1.807) is 7.05 Å². The van der Waals surface area contributed by atoms with Crippen LogP contribution < -0.4 is 16.0 Å². The summed E-state index contributed by atoms with van der Waals surface area (Å²) in [7, 11) is 1.80. The van der Waals surface area contributed by atoms with Gasteiger partial charge in [-0.25, -0.2) is 0 Å². The van der Waals surface area contributed by atoms with Crippen LogP contribution >= 0.6 is 24.0 Å². The number of carbonyl (C=O) groups excluding carboxylic acids is 1. The van der Waals surface area contributed by atoms with Crippen molar-refractivity contribution < 1.29 is 4.79 Å². The third kappa shape index (κ3) is 7.72. The molecule has 23 heavy (non-hydrogen) atoms. The predicted octanol–water partition coefficient (Wildman–Crippen LogP) is 2.80. The maximum absolute atomic E-state index is 12.0. The molecule has 2 aliphatic rings. The molecule has 3 N–H and O–H groups in total. The second-order valence-corrected chi connectivity index (χ2v) is 6.60. The Kier molecular flexibility index (Phi) is 10.6. The van der Waals surface area contributed by atoms with Crippen LogP contribution in [0, 0.1) is 5.92 Å². The van der Waals surface area contributed by atoms with E-state index in [9.17, 15) is 4.79 Å². The van der Waals surface area contributed by atoms with Gasteiger partial charge in [-0.3, -0.25) is 9.79 Å². The van der Waals surface area contributed by atoms with Gasteiger partial charge in [0.25, 0.3) is 0 Å². The quantitative estimate of drug-likeness (QED) is 0.269. The molecule has 0 aromatic rings. The zero-order chi connectivity index (χ0) is 15.6. The minimum atomic E-state index is 0. The van der Waals surface area contributed by atoms with Gasteiger partial charge in [0.15, 0.2) is 5.96 Å². The highest BCUT2D eigenvalue weighted by molar-refractivity contribution is 14.0. The van der Waals surface area contributed by atoms with Crippen molar-refractivity contribution in [3.8, 4) is 0 Å². The van der Waals surface area contributed by atoms with Gasteiger partial charge in [0.2, 0.25) is 5.91 Å². The number of halogens is 1. The van der Waals surface area contributed by atoms with Crippen LogP contribution in [0.5, 0.6) is 0 Å². The van der Waals surface area contributed by atoms with Crippen molar-refractivity contribution in [2.24, 2.45) is 10.9 Å². The van der Waals surface area contributed by atoms with Crippen molar-refractivity contribution in [2.75, 3.05) is 20.1 Å². The average molecular weight is 436 g/mol. The largest absolute Gasteiger partial charge is 0.355 e. The number of guanidine groups is 1. The van der Waals surface area contributed by atoms with E-state index in [2.05, 4.69) is 20.9 Å². The fourth-order valence-corrected chi connectivity index (χ4v) is 3.51. The summed E-state index contributed by atoms with van der Waals surface area (Å²) in [6.45, 7) is 1.39. The number of carbonyl (C=O) groups is 1. The Hall–Kier alpha value is -0.530. The van der Waals surface area contributed by atoms with Crippen LogP contribution in [-0.2, 0) is 4.79 Å². The summed E-state index contributed by atoms with van der Waals surface area (Å²) < 4.78 is 0. The topological polar surface area (TPSA) is 65.5 Å². The van der Waals surface area contributed by atoms with Crippen molar-refractivity contribution in [1.29, 1.82) is 0 Å². The number of amides is 1. The Balaban J connectivity index is 0.00000264. The molecule has 1 amide bonds. The molecule has 0 bridgehead atoms. The maximum atomic E-state index is 12.0. The van der Waals surface area contributed by atoms with Crippen molar-refractivity contribution in [3.63, 3.8) is 0 Å². The lowest BCUT2D eigenvalue weighted by molar-refractivity contribution is -0.125. The van der Waals surface area contributed by atoms with Gasteiger partial charge in [-0.2, -0.15) is 0 Å². The fraction of sp³-hybridized carbons (Fsp3) is 0.882. The van der Waals surface area contributed by atoms with Gasteiger partial charge in [0.1, 0.15) is 0 Å². The number of hydrogen-bond donors (Lipinski definition) is 3. The second-order valence-electron chi connectivity index (χ2n) is 6.60. The third-order valence-electron chi connectivity index (χ3n) is 4.86. The molecule has 0 saturated heterocycles. The lowest BCUT2D eigenvalue weighted by Crippen LogP contribution is -2.46. The van der Waals surface area contributed by atoms with Gasteiger partial charge in [0, 0.05) is 32.1 Å². The highest BCUT2D eigenvalue weighted by Gasteiger charge is 2.20. The van der Waals surface area contributed by atoms with Crippen LogP contribution in [0.1, 0.15) is 64.2 Å². The Morgan fingerprint density at radius 2 is 1.48 bits per heavy atom. The number of nitrogens with zero attached hydrogens (tertiary/aromatic N) is 1. The molecule has 0 aromatic heterocycles. The first-order valence-electron chi connectivity index (χ1n) is 9.04. The monoisotopic (exact) mass is 436 g/mol. The van der Waals surface area contributed by atoms with E-state index in [0.29, 0.717) is 12.6 Å². The SMILES string of the molecule is CN=C(NCCNC(=O)C1CCCCC1)NC1CCCCC1.I. The van der Waals surface area contributed by atoms with Crippen LogP contribution in [-0.4, -0.2) is 38.0 Å². The van der Waals surface area contributed by atoms with Crippen molar-refractivity contribution in [3.05, 3.63) is 0 Å². The zero-order valence-corrected chi connectivity index (χ0v) is 16.7. The van der Waals surface area contributed by atoms with E-state index in [4.69, 9.17) is 0 Å². The van der Waals surface area contributed by atoms with Crippen LogP contribution in [0.4, 0.5) is 0 Å². The molecule has 0 atom stereocenters. The molecular formula is C17H33IN4O. The van der Waals surface area contributed by atoms with Crippen LogP contribution in [0.3, 0.4) is 0 Å². The molecule has 0 spiro atoms. The zero-order valence-electron chi connectivity index (χ0n) is 14.4. The molecule has 6 heteroatoms. The Morgan fingerprint density at radius 1 is 0.913 bits per heavy atom. The van der Waals surface area contributed by atoms with E-state index in [-0.39, 0.29) is 35.8 Å². The van der Waals surface area contributed by atoms with Gasteiger partial charge in [-0.05, 0) is 25.7 Å². The smallest absolute Gasteiger partial charge is 0.223 e. The summed E-state index contributed by atoms with van der Waals surface area (Å²) >= 11 is 0. The standard InChI is InChI=1S/C17H32N4O.HI/c1-18-17(21-15-10-6-3-7-11-15)20-13-12-19-16(22)14-8-4-2-5-9-14;/h14-15H,2-13H2,1H3,(H,19,22)(H2,18,20,21);1H. The summed E-state index contributed by atoms with van der Waals surface area (Å²) in [5.41, 5.74) is 0. The summed E-state index contributed by atoms with van der Waals surface area (Å²) in [6.07, 6.45) is 12.3. The Morgan fingerprint density at radius 3 is 2.09 bits per heavy atom. The molecule has 0 heterocycles.